The van der Waals surface area contributed by atoms with Crippen LogP contribution in [-0.2, 0) is 0 Å². The van der Waals surface area contributed by atoms with Crippen molar-refractivity contribution in [1.82, 2.24) is 0 Å². The van der Waals surface area contributed by atoms with Crippen molar-refractivity contribution in [3.8, 4) is 28.7 Å². The number of para-hydroxylation sites is 1. The highest BCUT2D eigenvalue weighted by Gasteiger charge is 2.32. The fourth-order valence-electron chi connectivity index (χ4n) is 1.89. The van der Waals surface area contributed by atoms with Crippen molar-refractivity contribution in [1.29, 1.82) is 5.26 Å². The van der Waals surface area contributed by atoms with Crippen molar-refractivity contribution < 1.29 is 22.6 Å². The van der Waals surface area contributed by atoms with Gasteiger partial charge in [0.25, 0.3) is 0 Å². The minimum Gasteiger partial charge on any atom is -0.496 e. The van der Waals surface area contributed by atoms with Gasteiger partial charge in [0.1, 0.15) is 11.5 Å². The SMILES string of the molecule is COc1ccc(C#N)cc1-c1ccccc1OC(F)(F)F. The van der Waals surface area contributed by atoms with Crippen LogP contribution in [0, 0.1) is 11.3 Å². The predicted octanol–water partition coefficient (Wildman–Crippen LogP) is 4.13. The second kappa shape index (κ2) is 5.75. The van der Waals surface area contributed by atoms with Gasteiger partial charge in [-0.05, 0) is 24.3 Å². The number of hydrogen-bond acceptors (Lipinski definition) is 3. The first-order valence-electron chi connectivity index (χ1n) is 5.88. The molecule has 3 nitrogen and oxygen atoms in total. The molecule has 0 aliphatic carbocycles. The summed E-state index contributed by atoms with van der Waals surface area (Å²) in [7, 11) is 1.40. The van der Waals surface area contributed by atoms with Gasteiger partial charge in [-0.15, -0.1) is 13.2 Å². The van der Waals surface area contributed by atoms with Gasteiger partial charge in [-0.1, -0.05) is 18.2 Å². The lowest BCUT2D eigenvalue weighted by molar-refractivity contribution is -0.274. The molecule has 2 aromatic rings. The first-order chi connectivity index (χ1) is 9.94. The van der Waals surface area contributed by atoms with E-state index >= 15 is 0 Å². The van der Waals surface area contributed by atoms with Gasteiger partial charge in [0, 0.05) is 11.1 Å². The monoisotopic (exact) mass is 293 g/mol. The smallest absolute Gasteiger partial charge is 0.496 e. The van der Waals surface area contributed by atoms with E-state index in [9.17, 15) is 13.2 Å². The lowest BCUT2D eigenvalue weighted by Gasteiger charge is -2.15. The van der Waals surface area contributed by atoms with Crippen LogP contribution in [0.4, 0.5) is 13.2 Å². The van der Waals surface area contributed by atoms with Gasteiger partial charge < -0.3 is 9.47 Å². The first kappa shape index (κ1) is 14.7. The summed E-state index contributed by atoms with van der Waals surface area (Å²) in [6.07, 6.45) is -4.80. The van der Waals surface area contributed by atoms with Gasteiger partial charge in [0.2, 0.25) is 0 Å². The number of benzene rings is 2. The number of halogens is 3. The molecule has 0 aliphatic rings. The van der Waals surface area contributed by atoms with Crippen LogP contribution >= 0.6 is 0 Å². The number of alkyl halides is 3. The van der Waals surface area contributed by atoms with Crippen molar-refractivity contribution in [3.63, 3.8) is 0 Å². The average Bonchev–Trinajstić information content (AvgIpc) is 2.45. The molecule has 2 rings (SSSR count). The van der Waals surface area contributed by atoms with Gasteiger partial charge >= 0.3 is 6.36 Å². The van der Waals surface area contributed by atoms with E-state index in [1.807, 2.05) is 6.07 Å². The normalized spacial score (nSPS) is 10.8. The highest BCUT2D eigenvalue weighted by Crippen LogP contribution is 2.38. The van der Waals surface area contributed by atoms with E-state index < -0.39 is 6.36 Å². The third kappa shape index (κ3) is 3.45. The summed E-state index contributed by atoms with van der Waals surface area (Å²) < 4.78 is 46.5. The largest absolute Gasteiger partial charge is 0.573 e. The summed E-state index contributed by atoms with van der Waals surface area (Å²) in [5, 5.41) is 8.93. The molecule has 0 heterocycles. The van der Waals surface area contributed by atoms with Crippen LogP contribution in [0.1, 0.15) is 5.56 Å². The topological polar surface area (TPSA) is 42.2 Å². The minimum atomic E-state index is -4.80. The van der Waals surface area contributed by atoms with Crippen LogP contribution in [0.15, 0.2) is 42.5 Å². The molecule has 0 bridgehead atoms. The number of hydrogen-bond donors (Lipinski definition) is 0. The maximum atomic E-state index is 12.5. The molecule has 0 atom stereocenters. The summed E-state index contributed by atoms with van der Waals surface area (Å²) in [4.78, 5) is 0. The van der Waals surface area contributed by atoms with Crippen molar-refractivity contribution in [2.24, 2.45) is 0 Å². The van der Waals surface area contributed by atoms with Crippen LogP contribution in [0.3, 0.4) is 0 Å². The van der Waals surface area contributed by atoms with Gasteiger partial charge in [-0.25, -0.2) is 0 Å². The van der Waals surface area contributed by atoms with Crippen LogP contribution in [0.2, 0.25) is 0 Å². The van der Waals surface area contributed by atoms with E-state index in [1.165, 1.54) is 43.5 Å². The third-order valence-electron chi connectivity index (χ3n) is 2.73. The molecule has 108 valence electrons. The second-order valence-electron chi connectivity index (χ2n) is 4.07. The number of methoxy groups -OCH3 is 1. The first-order valence-corrected chi connectivity index (χ1v) is 5.88. The molecule has 0 spiro atoms. The van der Waals surface area contributed by atoms with E-state index in [4.69, 9.17) is 10.00 Å². The Hall–Kier alpha value is -2.68. The number of nitrogens with zero attached hydrogens (tertiary/aromatic N) is 1. The molecule has 2 aromatic carbocycles. The summed E-state index contributed by atoms with van der Waals surface area (Å²) >= 11 is 0. The fourth-order valence-corrected chi connectivity index (χ4v) is 1.89. The van der Waals surface area contributed by atoms with Gasteiger partial charge in [-0.3, -0.25) is 0 Å². The van der Waals surface area contributed by atoms with E-state index in [-0.39, 0.29) is 11.3 Å². The molecule has 0 amide bonds. The third-order valence-corrected chi connectivity index (χ3v) is 2.73. The van der Waals surface area contributed by atoms with E-state index in [0.29, 0.717) is 16.9 Å². The summed E-state index contributed by atoms with van der Waals surface area (Å²) in [6, 6.07) is 12.1. The minimum absolute atomic E-state index is 0.198. The quantitative estimate of drug-likeness (QED) is 0.854. The van der Waals surface area contributed by atoms with Gasteiger partial charge in [-0.2, -0.15) is 5.26 Å². The molecular weight excluding hydrogens is 283 g/mol. The van der Waals surface area contributed by atoms with Crippen molar-refractivity contribution >= 4 is 0 Å². The Balaban J connectivity index is 2.59. The molecule has 0 unspecified atom stereocenters. The van der Waals surface area contributed by atoms with E-state index in [2.05, 4.69) is 4.74 Å². The molecule has 0 N–H and O–H groups in total. The standard InChI is InChI=1S/C15H10F3NO2/c1-20-13-7-6-10(9-19)8-12(13)11-4-2-3-5-14(11)21-15(16,17)18/h2-8H,1H3. The fraction of sp³-hybridized carbons (Fsp3) is 0.133. The van der Waals surface area contributed by atoms with Crippen molar-refractivity contribution in [3.05, 3.63) is 48.0 Å². The van der Waals surface area contributed by atoms with Crippen molar-refractivity contribution in [2.75, 3.05) is 7.11 Å². The Bertz CT molecular complexity index is 690. The lowest BCUT2D eigenvalue weighted by Crippen LogP contribution is -2.17. The van der Waals surface area contributed by atoms with Gasteiger partial charge in [0.15, 0.2) is 0 Å². The van der Waals surface area contributed by atoms with Crippen LogP contribution < -0.4 is 9.47 Å². The molecule has 0 aromatic heterocycles. The van der Waals surface area contributed by atoms with Gasteiger partial charge in [0.05, 0.1) is 18.7 Å². The zero-order valence-electron chi connectivity index (χ0n) is 10.9. The zero-order valence-corrected chi connectivity index (χ0v) is 10.9. The Morgan fingerprint density at radius 1 is 1.00 bits per heavy atom. The zero-order chi connectivity index (χ0) is 15.5. The number of rotatable bonds is 3. The maximum absolute atomic E-state index is 12.5. The van der Waals surface area contributed by atoms with E-state index in [1.54, 1.807) is 6.07 Å². The molecule has 0 saturated carbocycles. The van der Waals surface area contributed by atoms with E-state index in [0.717, 1.165) is 0 Å². The average molecular weight is 293 g/mol. The maximum Gasteiger partial charge on any atom is 0.573 e. The predicted molar refractivity (Wildman–Crippen MR) is 69.8 cm³/mol. The van der Waals surface area contributed by atoms with Crippen LogP contribution in [0.25, 0.3) is 11.1 Å². The highest BCUT2D eigenvalue weighted by atomic mass is 19.4. The number of ether oxygens (including phenoxy) is 2. The molecular formula is C15H10F3NO2. The van der Waals surface area contributed by atoms with Crippen LogP contribution in [-0.4, -0.2) is 13.5 Å². The molecule has 21 heavy (non-hydrogen) atoms. The Kier molecular flexibility index (Phi) is 4.03. The highest BCUT2D eigenvalue weighted by molar-refractivity contribution is 5.77. The molecule has 0 saturated heterocycles. The summed E-state index contributed by atoms with van der Waals surface area (Å²) in [5.74, 6) is 0.00520. The van der Waals surface area contributed by atoms with Crippen molar-refractivity contribution in [2.45, 2.75) is 6.36 Å². The Morgan fingerprint density at radius 2 is 1.71 bits per heavy atom. The lowest BCUT2D eigenvalue weighted by atomic mass is 10.0. The summed E-state index contributed by atoms with van der Waals surface area (Å²) in [5.41, 5.74) is 0.868. The van der Waals surface area contributed by atoms with Crippen LogP contribution in [0.5, 0.6) is 11.5 Å². The molecule has 6 heteroatoms. The molecule has 0 aliphatic heterocycles. The second-order valence-corrected chi connectivity index (χ2v) is 4.07. The Morgan fingerprint density at radius 3 is 2.33 bits per heavy atom. The molecule has 0 radical (unpaired) electrons. The summed E-state index contributed by atoms with van der Waals surface area (Å²) in [6.45, 7) is 0. The molecule has 0 fully saturated rings. The Labute approximate surface area is 119 Å². The number of nitriles is 1.